The molecule has 23 heavy (non-hydrogen) atoms. The van der Waals surface area contributed by atoms with E-state index in [-0.39, 0.29) is 16.2 Å². The molecule has 0 fully saturated rings. The zero-order valence-corrected chi connectivity index (χ0v) is 14.7. The molecular weight excluding hydrogens is 284 g/mol. The van der Waals surface area contributed by atoms with Crippen LogP contribution in [0.5, 0.6) is 0 Å². The quantitative estimate of drug-likeness (QED) is 0.887. The molecule has 4 heteroatoms. The Kier molecular flexibility index (Phi) is 3.47. The average molecular weight is 310 g/mol. The fraction of sp³-hybridized carbons (Fsp3) is 0.526. The van der Waals surface area contributed by atoms with Crippen LogP contribution in [-0.4, -0.2) is 17.5 Å². The van der Waals surface area contributed by atoms with Gasteiger partial charge in [-0.05, 0) is 12.0 Å². The van der Waals surface area contributed by atoms with Gasteiger partial charge in [0.25, 0.3) is 0 Å². The standard InChI is InChI=1S/C19H26N4/c1-17(2)12-19(5)16(22-14(17)20)23-15(18(19,3)4)21-11-13-9-7-6-8-10-13/h6-10H,11-12H2,1-5H3,(H2,20,21,22,23). The van der Waals surface area contributed by atoms with Crippen LogP contribution in [0.15, 0.2) is 45.3 Å². The summed E-state index contributed by atoms with van der Waals surface area (Å²) in [5.41, 5.74) is 6.95. The molecule has 1 atom stereocenters. The van der Waals surface area contributed by atoms with E-state index in [0.717, 1.165) is 18.1 Å². The molecule has 2 aliphatic heterocycles. The molecule has 2 N–H and O–H groups in total. The van der Waals surface area contributed by atoms with Crippen molar-refractivity contribution in [3.8, 4) is 0 Å². The fourth-order valence-corrected chi connectivity index (χ4v) is 3.56. The topological polar surface area (TPSA) is 63.1 Å². The highest BCUT2D eigenvalue weighted by molar-refractivity contribution is 6.15. The summed E-state index contributed by atoms with van der Waals surface area (Å²) in [4.78, 5) is 14.2. The molecule has 0 spiro atoms. The highest BCUT2D eigenvalue weighted by Crippen LogP contribution is 2.54. The lowest BCUT2D eigenvalue weighted by Gasteiger charge is -2.45. The van der Waals surface area contributed by atoms with Crippen LogP contribution in [0.2, 0.25) is 0 Å². The number of fused-ring (bicyclic) bond motifs is 1. The van der Waals surface area contributed by atoms with E-state index in [1.807, 2.05) is 18.2 Å². The van der Waals surface area contributed by atoms with Gasteiger partial charge >= 0.3 is 0 Å². The molecular formula is C19H26N4. The van der Waals surface area contributed by atoms with Gasteiger partial charge in [0.1, 0.15) is 17.5 Å². The lowest BCUT2D eigenvalue weighted by Crippen LogP contribution is -2.50. The van der Waals surface area contributed by atoms with Crippen LogP contribution in [0.1, 0.15) is 46.6 Å². The number of nitrogens with two attached hydrogens (primary N) is 1. The maximum Gasteiger partial charge on any atom is 0.139 e. The van der Waals surface area contributed by atoms with E-state index in [0.29, 0.717) is 12.4 Å². The first kappa shape index (κ1) is 15.9. The second kappa shape index (κ2) is 5.02. The second-order valence-electron chi connectivity index (χ2n) is 8.08. The summed E-state index contributed by atoms with van der Waals surface area (Å²) >= 11 is 0. The summed E-state index contributed by atoms with van der Waals surface area (Å²) in [6.45, 7) is 11.6. The normalized spacial score (nSPS) is 29.9. The molecule has 1 aromatic carbocycles. The minimum atomic E-state index is -0.154. The lowest BCUT2D eigenvalue weighted by atomic mass is 9.59. The number of rotatable bonds is 2. The summed E-state index contributed by atoms with van der Waals surface area (Å²) in [5, 5.41) is 0. The third kappa shape index (κ3) is 2.41. The van der Waals surface area contributed by atoms with Gasteiger partial charge in [-0.25, -0.2) is 9.98 Å². The van der Waals surface area contributed by atoms with E-state index >= 15 is 0 Å². The molecule has 0 bridgehead atoms. The van der Waals surface area contributed by atoms with Gasteiger partial charge in [-0.3, -0.25) is 4.99 Å². The third-order valence-electron chi connectivity index (χ3n) is 5.61. The fourth-order valence-electron chi connectivity index (χ4n) is 3.56. The highest BCUT2D eigenvalue weighted by Gasteiger charge is 2.57. The third-order valence-corrected chi connectivity index (χ3v) is 5.61. The number of aliphatic imine (C=N–C) groups is 3. The van der Waals surface area contributed by atoms with E-state index in [1.54, 1.807) is 0 Å². The van der Waals surface area contributed by atoms with E-state index in [4.69, 9.17) is 15.7 Å². The van der Waals surface area contributed by atoms with Crippen molar-refractivity contribution in [2.45, 2.75) is 47.6 Å². The Morgan fingerprint density at radius 3 is 2.35 bits per heavy atom. The van der Waals surface area contributed by atoms with Crippen molar-refractivity contribution in [1.82, 2.24) is 0 Å². The molecule has 4 nitrogen and oxygen atoms in total. The van der Waals surface area contributed by atoms with Crippen LogP contribution in [-0.2, 0) is 6.54 Å². The van der Waals surface area contributed by atoms with Crippen LogP contribution >= 0.6 is 0 Å². The van der Waals surface area contributed by atoms with Gasteiger partial charge in [-0.15, -0.1) is 0 Å². The van der Waals surface area contributed by atoms with Crippen LogP contribution in [0, 0.1) is 16.2 Å². The maximum absolute atomic E-state index is 6.16. The second-order valence-corrected chi connectivity index (χ2v) is 8.08. The van der Waals surface area contributed by atoms with E-state index in [1.165, 1.54) is 5.56 Å². The number of benzene rings is 1. The SMILES string of the molecule is CC1(C)CC2(C)C(=NC(=NCc3ccccc3)C2(C)C)N=C1N. The molecule has 1 unspecified atom stereocenters. The van der Waals surface area contributed by atoms with Crippen LogP contribution in [0.4, 0.5) is 0 Å². The van der Waals surface area contributed by atoms with Crippen molar-refractivity contribution in [3.05, 3.63) is 35.9 Å². The molecule has 0 aromatic heterocycles. The summed E-state index contributed by atoms with van der Waals surface area (Å²) in [6, 6.07) is 10.3. The predicted molar refractivity (Wildman–Crippen MR) is 96.9 cm³/mol. The zero-order valence-electron chi connectivity index (χ0n) is 14.7. The molecule has 0 amide bonds. The van der Waals surface area contributed by atoms with Crippen LogP contribution in [0.25, 0.3) is 0 Å². The first-order valence-corrected chi connectivity index (χ1v) is 8.19. The van der Waals surface area contributed by atoms with Crippen LogP contribution in [0.3, 0.4) is 0 Å². The average Bonchev–Trinajstić information content (AvgIpc) is 2.66. The predicted octanol–water partition coefficient (Wildman–Crippen LogP) is 3.82. The van der Waals surface area contributed by atoms with Crippen molar-refractivity contribution in [3.63, 3.8) is 0 Å². The van der Waals surface area contributed by atoms with Crippen molar-refractivity contribution in [2.75, 3.05) is 0 Å². The van der Waals surface area contributed by atoms with E-state index in [2.05, 4.69) is 51.7 Å². The van der Waals surface area contributed by atoms with Gasteiger partial charge in [0, 0.05) is 16.2 Å². The molecule has 2 heterocycles. The van der Waals surface area contributed by atoms with Crippen molar-refractivity contribution < 1.29 is 0 Å². The Labute approximate surface area is 138 Å². The van der Waals surface area contributed by atoms with Crippen LogP contribution < -0.4 is 5.73 Å². The molecule has 1 aromatic rings. The molecule has 0 saturated carbocycles. The molecule has 2 aliphatic rings. The molecule has 122 valence electrons. The minimum Gasteiger partial charge on any atom is -0.387 e. The van der Waals surface area contributed by atoms with Gasteiger partial charge < -0.3 is 5.73 Å². The van der Waals surface area contributed by atoms with Crippen molar-refractivity contribution in [2.24, 2.45) is 37.0 Å². The van der Waals surface area contributed by atoms with Gasteiger partial charge in [0.05, 0.1) is 6.54 Å². The van der Waals surface area contributed by atoms with Gasteiger partial charge in [0.15, 0.2) is 0 Å². The Morgan fingerprint density at radius 1 is 1.04 bits per heavy atom. The molecule has 0 saturated heterocycles. The molecule has 0 radical (unpaired) electrons. The maximum atomic E-state index is 6.16. The summed E-state index contributed by atoms with van der Waals surface area (Å²) in [7, 11) is 0. The summed E-state index contributed by atoms with van der Waals surface area (Å²) in [5.74, 6) is 2.40. The van der Waals surface area contributed by atoms with Gasteiger partial charge in [0.2, 0.25) is 0 Å². The highest BCUT2D eigenvalue weighted by atomic mass is 15.1. The van der Waals surface area contributed by atoms with Gasteiger partial charge in [-0.2, -0.15) is 0 Å². The Morgan fingerprint density at radius 2 is 1.70 bits per heavy atom. The minimum absolute atomic E-state index is 0.111. The first-order chi connectivity index (χ1) is 10.7. The van der Waals surface area contributed by atoms with Crippen molar-refractivity contribution >= 4 is 17.5 Å². The summed E-state index contributed by atoms with van der Waals surface area (Å²) < 4.78 is 0. The first-order valence-electron chi connectivity index (χ1n) is 8.19. The summed E-state index contributed by atoms with van der Waals surface area (Å²) in [6.07, 6.45) is 0.936. The monoisotopic (exact) mass is 310 g/mol. The lowest BCUT2D eigenvalue weighted by molar-refractivity contribution is 0.190. The largest absolute Gasteiger partial charge is 0.387 e. The van der Waals surface area contributed by atoms with Crippen molar-refractivity contribution in [1.29, 1.82) is 0 Å². The number of amidine groups is 3. The number of hydrogen-bond acceptors (Lipinski definition) is 3. The number of nitrogens with zero attached hydrogens (tertiary/aromatic N) is 3. The number of hydrogen-bond donors (Lipinski definition) is 1. The molecule has 0 aliphatic carbocycles. The Hall–Kier alpha value is -1.97. The van der Waals surface area contributed by atoms with Gasteiger partial charge in [-0.1, -0.05) is 65.0 Å². The zero-order chi connectivity index (χ0) is 16.9. The molecule has 3 rings (SSSR count). The smallest absolute Gasteiger partial charge is 0.139 e. The Bertz CT molecular complexity index is 710. The Balaban J connectivity index is 1.97. The van der Waals surface area contributed by atoms with E-state index in [9.17, 15) is 0 Å². The van der Waals surface area contributed by atoms with E-state index < -0.39 is 0 Å².